The monoisotopic (exact) mass is 404 g/mol. The molecule has 0 saturated heterocycles. The zero-order chi connectivity index (χ0) is 21.3. The Bertz CT molecular complexity index is 1150. The molecular formula is C21H18N5O4-. The van der Waals surface area contributed by atoms with E-state index < -0.39 is 12.0 Å². The lowest BCUT2D eigenvalue weighted by atomic mass is 9.94. The molecule has 1 amide bonds. The number of carboxylic acids is 1. The summed E-state index contributed by atoms with van der Waals surface area (Å²) in [6, 6.07) is 12.6. The van der Waals surface area contributed by atoms with E-state index in [0.29, 0.717) is 34.2 Å². The third-order valence-corrected chi connectivity index (χ3v) is 4.86. The lowest BCUT2D eigenvalue weighted by Gasteiger charge is -2.29. The molecule has 4 rings (SSSR count). The molecule has 2 aromatic carbocycles. The summed E-state index contributed by atoms with van der Waals surface area (Å²) in [5.74, 6) is -0.603. The normalized spacial score (nSPS) is 15.2. The number of nitrogens with zero attached hydrogens (tertiary/aromatic N) is 3. The van der Waals surface area contributed by atoms with Gasteiger partial charge in [-0.2, -0.15) is 10.1 Å². The summed E-state index contributed by atoms with van der Waals surface area (Å²) < 4.78 is 6.90. The largest absolute Gasteiger partial charge is 0.545 e. The van der Waals surface area contributed by atoms with Crippen LogP contribution in [0.5, 0.6) is 5.75 Å². The van der Waals surface area contributed by atoms with E-state index in [9.17, 15) is 14.7 Å². The lowest BCUT2D eigenvalue weighted by molar-refractivity contribution is -0.255. The number of allylic oxidation sites excluding steroid dienone is 1. The number of carbonyl (C=O) groups excluding carboxylic acids is 2. The number of hydrogen-bond donors (Lipinski definition) is 2. The second-order valence-electron chi connectivity index (χ2n) is 6.66. The highest BCUT2D eigenvalue weighted by Crippen LogP contribution is 2.36. The van der Waals surface area contributed by atoms with Gasteiger partial charge in [-0.3, -0.25) is 4.79 Å². The standard InChI is InChI=1S/C21H19N5O4/c1-12-17(19(27)25-15-5-3-4-6-16(15)30-2)18(26-21(24-12)22-11-23-26)13-7-9-14(10-8-13)20(28)29/h3-11,18H,1-2H3,(H,25,27)(H,28,29)(H,22,23,24)/p-1/t18-/m1/s1. The summed E-state index contributed by atoms with van der Waals surface area (Å²) in [7, 11) is 1.53. The predicted octanol–water partition coefficient (Wildman–Crippen LogP) is 1.58. The maximum Gasteiger partial charge on any atom is 0.255 e. The van der Waals surface area contributed by atoms with Gasteiger partial charge in [-0.15, -0.1) is 0 Å². The molecule has 0 unspecified atom stereocenters. The lowest BCUT2D eigenvalue weighted by Crippen LogP contribution is -2.31. The van der Waals surface area contributed by atoms with E-state index in [1.165, 1.54) is 25.6 Å². The van der Waals surface area contributed by atoms with Gasteiger partial charge in [-0.1, -0.05) is 36.4 Å². The topological polar surface area (TPSA) is 121 Å². The van der Waals surface area contributed by atoms with Crippen molar-refractivity contribution in [3.8, 4) is 5.75 Å². The molecular weight excluding hydrogens is 386 g/mol. The van der Waals surface area contributed by atoms with Crippen molar-refractivity contribution in [1.29, 1.82) is 0 Å². The molecule has 1 aliphatic heterocycles. The molecule has 9 nitrogen and oxygen atoms in total. The Labute approximate surface area is 172 Å². The molecule has 152 valence electrons. The number of amides is 1. The fourth-order valence-electron chi connectivity index (χ4n) is 3.43. The van der Waals surface area contributed by atoms with E-state index in [1.807, 2.05) is 6.07 Å². The Hall–Kier alpha value is -4.14. The SMILES string of the molecule is COc1ccccc1NC(=O)C1=C(C)Nc2ncnn2[C@@H]1c1ccc(C(=O)[O-])cc1. The number of fused-ring (bicyclic) bond motifs is 1. The van der Waals surface area contributed by atoms with Crippen LogP contribution in [0.25, 0.3) is 0 Å². The molecule has 1 aromatic heterocycles. The van der Waals surface area contributed by atoms with Gasteiger partial charge in [-0.05, 0) is 30.2 Å². The summed E-state index contributed by atoms with van der Waals surface area (Å²) in [6.45, 7) is 1.78. The number of rotatable bonds is 5. The van der Waals surface area contributed by atoms with Crippen LogP contribution >= 0.6 is 0 Å². The summed E-state index contributed by atoms with van der Waals surface area (Å²) in [4.78, 5) is 28.6. The summed E-state index contributed by atoms with van der Waals surface area (Å²) in [5, 5.41) is 21.3. The number of ether oxygens (including phenoxy) is 1. The van der Waals surface area contributed by atoms with Crippen molar-refractivity contribution in [3.05, 3.63) is 77.3 Å². The van der Waals surface area contributed by atoms with Crippen LogP contribution in [0.15, 0.2) is 66.1 Å². The summed E-state index contributed by atoms with van der Waals surface area (Å²) >= 11 is 0. The van der Waals surface area contributed by atoms with Crippen molar-refractivity contribution in [3.63, 3.8) is 0 Å². The number of aromatic carboxylic acids is 1. The molecule has 1 atom stereocenters. The van der Waals surface area contributed by atoms with E-state index in [2.05, 4.69) is 20.7 Å². The average Bonchev–Trinajstić information content (AvgIpc) is 3.21. The first kappa shape index (κ1) is 19.2. The van der Waals surface area contributed by atoms with Gasteiger partial charge >= 0.3 is 0 Å². The van der Waals surface area contributed by atoms with Gasteiger partial charge in [0.2, 0.25) is 5.95 Å². The summed E-state index contributed by atoms with van der Waals surface area (Å²) in [6.07, 6.45) is 1.39. The number of nitrogens with one attached hydrogen (secondary N) is 2. The minimum absolute atomic E-state index is 0.0484. The average molecular weight is 404 g/mol. The van der Waals surface area contributed by atoms with Gasteiger partial charge in [0.25, 0.3) is 5.91 Å². The van der Waals surface area contributed by atoms with E-state index in [0.717, 1.165) is 0 Å². The predicted molar refractivity (Wildman–Crippen MR) is 107 cm³/mol. The van der Waals surface area contributed by atoms with Crippen LogP contribution < -0.4 is 20.5 Å². The van der Waals surface area contributed by atoms with Crippen molar-refractivity contribution in [2.45, 2.75) is 13.0 Å². The number of carbonyl (C=O) groups is 2. The Morgan fingerprint density at radius 3 is 2.60 bits per heavy atom. The van der Waals surface area contributed by atoms with Crippen LogP contribution in [0.4, 0.5) is 11.6 Å². The molecule has 1 aliphatic rings. The third-order valence-electron chi connectivity index (χ3n) is 4.86. The molecule has 2 N–H and O–H groups in total. The van der Waals surface area contributed by atoms with E-state index in [1.54, 1.807) is 41.9 Å². The van der Waals surface area contributed by atoms with E-state index in [4.69, 9.17) is 4.74 Å². The molecule has 0 saturated carbocycles. The van der Waals surface area contributed by atoms with Crippen LogP contribution in [0.3, 0.4) is 0 Å². The maximum absolute atomic E-state index is 13.3. The third kappa shape index (κ3) is 3.37. The minimum Gasteiger partial charge on any atom is -0.545 e. The van der Waals surface area contributed by atoms with Crippen molar-refractivity contribution >= 4 is 23.5 Å². The highest BCUT2D eigenvalue weighted by molar-refractivity contribution is 6.06. The second kappa shape index (κ2) is 7.70. The number of anilines is 2. The van der Waals surface area contributed by atoms with Gasteiger partial charge in [0.1, 0.15) is 18.1 Å². The summed E-state index contributed by atoms with van der Waals surface area (Å²) in [5.41, 5.74) is 2.28. The van der Waals surface area contributed by atoms with E-state index in [-0.39, 0.29) is 11.5 Å². The smallest absolute Gasteiger partial charge is 0.255 e. The number of methoxy groups -OCH3 is 1. The van der Waals surface area contributed by atoms with Crippen molar-refractivity contribution < 1.29 is 19.4 Å². The fraction of sp³-hybridized carbons (Fsp3) is 0.143. The maximum atomic E-state index is 13.3. The molecule has 2 heterocycles. The van der Waals surface area contributed by atoms with Crippen LogP contribution in [0.1, 0.15) is 28.9 Å². The highest BCUT2D eigenvalue weighted by atomic mass is 16.5. The quantitative estimate of drug-likeness (QED) is 0.662. The van der Waals surface area contributed by atoms with Crippen LogP contribution in [-0.2, 0) is 4.79 Å². The molecule has 30 heavy (non-hydrogen) atoms. The number of hydrogen-bond acceptors (Lipinski definition) is 7. The van der Waals surface area contributed by atoms with Gasteiger partial charge < -0.3 is 25.3 Å². The molecule has 9 heteroatoms. The Morgan fingerprint density at radius 1 is 1.17 bits per heavy atom. The molecule has 0 fully saturated rings. The number of aromatic nitrogens is 3. The zero-order valence-corrected chi connectivity index (χ0v) is 16.2. The van der Waals surface area contributed by atoms with Crippen molar-refractivity contribution in [2.24, 2.45) is 0 Å². The number of carboxylic acid groups (broad SMARTS) is 1. The van der Waals surface area contributed by atoms with Gasteiger partial charge in [0.05, 0.1) is 24.3 Å². The highest BCUT2D eigenvalue weighted by Gasteiger charge is 2.33. The molecule has 0 aliphatic carbocycles. The van der Waals surface area contributed by atoms with Crippen LogP contribution in [0.2, 0.25) is 0 Å². The first-order chi connectivity index (χ1) is 14.5. The first-order valence-electron chi connectivity index (χ1n) is 9.12. The van der Waals surface area contributed by atoms with Gasteiger partial charge in [0, 0.05) is 5.70 Å². The van der Waals surface area contributed by atoms with Crippen LogP contribution in [0, 0.1) is 0 Å². The number of benzene rings is 2. The van der Waals surface area contributed by atoms with Crippen LogP contribution in [-0.4, -0.2) is 33.8 Å². The second-order valence-corrected chi connectivity index (χ2v) is 6.66. The van der Waals surface area contributed by atoms with Gasteiger partial charge in [0.15, 0.2) is 0 Å². The van der Waals surface area contributed by atoms with Crippen molar-refractivity contribution in [1.82, 2.24) is 14.8 Å². The first-order valence-corrected chi connectivity index (χ1v) is 9.12. The van der Waals surface area contributed by atoms with Crippen molar-refractivity contribution in [2.75, 3.05) is 17.7 Å². The Balaban J connectivity index is 1.75. The molecule has 3 aromatic rings. The minimum atomic E-state index is -1.27. The number of para-hydroxylation sites is 2. The molecule has 0 radical (unpaired) electrons. The van der Waals surface area contributed by atoms with E-state index >= 15 is 0 Å². The Morgan fingerprint density at radius 2 is 1.90 bits per heavy atom. The van der Waals surface area contributed by atoms with Gasteiger partial charge in [-0.25, -0.2) is 4.68 Å². The molecule has 0 bridgehead atoms. The zero-order valence-electron chi connectivity index (χ0n) is 16.2. The fourth-order valence-corrected chi connectivity index (χ4v) is 3.43. The Kier molecular flexibility index (Phi) is 4.93. The molecule has 0 spiro atoms.